The summed E-state index contributed by atoms with van der Waals surface area (Å²) in [4.78, 5) is 14.8. The van der Waals surface area contributed by atoms with Gasteiger partial charge in [0.25, 0.3) is 5.91 Å². The Labute approximate surface area is 126 Å². The van der Waals surface area contributed by atoms with Gasteiger partial charge in [-0.3, -0.25) is 4.79 Å². The molecule has 1 saturated carbocycles. The molecule has 3 N–H and O–H groups in total. The Hall–Kier alpha value is -1.71. The predicted molar refractivity (Wildman–Crippen MR) is 86.6 cm³/mol. The molecule has 0 radical (unpaired) electrons. The standard InChI is InChI=1S/C17H25N3O/c1-2-19-17(21)14-9-8-13(18)11-16(14)20-10-4-6-12-5-3-7-15(12)20/h8-9,11-12,15H,2-7,10,18H2,1H3,(H,19,21). The van der Waals surface area contributed by atoms with Crippen LogP contribution in [0.25, 0.3) is 0 Å². The van der Waals surface area contributed by atoms with Gasteiger partial charge >= 0.3 is 0 Å². The number of anilines is 2. The number of benzene rings is 1. The van der Waals surface area contributed by atoms with E-state index in [0.29, 0.717) is 12.6 Å². The van der Waals surface area contributed by atoms with Crippen molar-refractivity contribution in [1.29, 1.82) is 0 Å². The van der Waals surface area contributed by atoms with Gasteiger partial charge in [-0.25, -0.2) is 0 Å². The molecule has 114 valence electrons. The maximum atomic E-state index is 12.3. The minimum Gasteiger partial charge on any atom is -0.399 e. The second-order valence-corrected chi connectivity index (χ2v) is 6.23. The molecule has 0 bridgehead atoms. The maximum Gasteiger partial charge on any atom is 0.253 e. The molecular weight excluding hydrogens is 262 g/mol. The minimum absolute atomic E-state index is 0.00706. The molecule has 1 aliphatic carbocycles. The number of amides is 1. The zero-order valence-electron chi connectivity index (χ0n) is 12.8. The van der Waals surface area contributed by atoms with Crippen LogP contribution in [0.5, 0.6) is 0 Å². The molecule has 21 heavy (non-hydrogen) atoms. The Morgan fingerprint density at radius 1 is 1.33 bits per heavy atom. The number of rotatable bonds is 3. The summed E-state index contributed by atoms with van der Waals surface area (Å²) >= 11 is 0. The molecule has 1 aliphatic heterocycles. The quantitative estimate of drug-likeness (QED) is 0.840. The van der Waals surface area contributed by atoms with Crippen molar-refractivity contribution in [2.45, 2.75) is 45.1 Å². The highest BCUT2D eigenvalue weighted by Gasteiger charge is 2.36. The fourth-order valence-corrected chi connectivity index (χ4v) is 3.99. The molecule has 2 unspecified atom stereocenters. The Balaban J connectivity index is 1.96. The lowest BCUT2D eigenvalue weighted by Gasteiger charge is -2.40. The third kappa shape index (κ3) is 2.71. The van der Waals surface area contributed by atoms with Gasteiger partial charge in [-0.1, -0.05) is 6.42 Å². The van der Waals surface area contributed by atoms with Crippen molar-refractivity contribution >= 4 is 17.3 Å². The molecule has 2 atom stereocenters. The van der Waals surface area contributed by atoms with Gasteiger partial charge in [-0.05, 0) is 56.7 Å². The monoisotopic (exact) mass is 287 g/mol. The zero-order valence-corrected chi connectivity index (χ0v) is 12.8. The van der Waals surface area contributed by atoms with Gasteiger partial charge in [0.05, 0.1) is 11.3 Å². The van der Waals surface area contributed by atoms with E-state index in [-0.39, 0.29) is 5.91 Å². The Bertz CT molecular complexity index is 529. The smallest absolute Gasteiger partial charge is 0.253 e. The van der Waals surface area contributed by atoms with E-state index < -0.39 is 0 Å². The van der Waals surface area contributed by atoms with Gasteiger partial charge < -0.3 is 16.0 Å². The van der Waals surface area contributed by atoms with Gasteiger partial charge in [-0.2, -0.15) is 0 Å². The SMILES string of the molecule is CCNC(=O)c1ccc(N)cc1N1CCCC2CCCC21. The zero-order chi connectivity index (χ0) is 14.8. The van der Waals surface area contributed by atoms with Gasteiger partial charge in [0, 0.05) is 24.8 Å². The van der Waals surface area contributed by atoms with Crippen LogP contribution in [0.1, 0.15) is 49.4 Å². The Morgan fingerprint density at radius 2 is 2.14 bits per heavy atom. The predicted octanol–water partition coefficient (Wildman–Crippen LogP) is 2.79. The van der Waals surface area contributed by atoms with E-state index in [2.05, 4.69) is 10.2 Å². The normalized spacial score (nSPS) is 24.7. The van der Waals surface area contributed by atoms with E-state index in [1.54, 1.807) is 0 Å². The molecule has 1 aromatic rings. The summed E-state index contributed by atoms with van der Waals surface area (Å²) in [5.41, 5.74) is 8.51. The van der Waals surface area contributed by atoms with Gasteiger partial charge in [-0.15, -0.1) is 0 Å². The van der Waals surface area contributed by atoms with Crippen molar-refractivity contribution in [3.8, 4) is 0 Å². The molecule has 1 amide bonds. The number of nitrogens with two attached hydrogens (primary N) is 1. The number of nitrogen functional groups attached to an aromatic ring is 1. The summed E-state index contributed by atoms with van der Waals surface area (Å²) < 4.78 is 0. The van der Waals surface area contributed by atoms with Gasteiger partial charge in [0.15, 0.2) is 0 Å². The third-order valence-electron chi connectivity index (χ3n) is 4.91. The molecule has 1 saturated heterocycles. The van der Waals surface area contributed by atoms with Crippen molar-refractivity contribution in [1.82, 2.24) is 5.32 Å². The molecule has 2 aliphatic rings. The fraction of sp³-hybridized carbons (Fsp3) is 0.588. The van der Waals surface area contributed by atoms with E-state index in [0.717, 1.165) is 29.4 Å². The maximum absolute atomic E-state index is 12.3. The number of carbonyl (C=O) groups excluding carboxylic acids is 1. The summed E-state index contributed by atoms with van der Waals surface area (Å²) in [6.45, 7) is 3.63. The first-order valence-electron chi connectivity index (χ1n) is 8.15. The number of hydrogen-bond donors (Lipinski definition) is 2. The lowest BCUT2D eigenvalue weighted by Crippen LogP contribution is -2.43. The van der Waals surface area contributed by atoms with Crippen molar-refractivity contribution < 1.29 is 4.79 Å². The second-order valence-electron chi connectivity index (χ2n) is 6.23. The van der Waals surface area contributed by atoms with Crippen LogP contribution in [0.15, 0.2) is 18.2 Å². The molecule has 0 spiro atoms. The molecule has 3 rings (SSSR count). The molecule has 4 nitrogen and oxygen atoms in total. The average molecular weight is 287 g/mol. The third-order valence-corrected chi connectivity index (χ3v) is 4.91. The fourth-order valence-electron chi connectivity index (χ4n) is 3.99. The molecule has 4 heteroatoms. The number of hydrogen-bond acceptors (Lipinski definition) is 3. The Kier molecular flexibility index (Phi) is 4.04. The second kappa shape index (κ2) is 5.96. The van der Waals surface area contributed by atoms with Crippen molar-refractivity contribution in [3.05, 3.63) is 23.8 Å². The van der Waals surface area contributed by atoms with Crippen LogP contribution in [0, 0.1) is 5.92 Å². The number of nitrogens with zero attached hydrogens (tertiary/aromatic N) is 1. The van der Waals surface area contributed by atoms with Crippen LogP contribution in [0.4, 0.5) is 11.4 Å². The summed E-state index contributed by atoms with van der Waals surface area (Å²) in [7, 11) is 0. The Morgan fingerprint density at radius 3 is 2.95 bits per heavy atom. The lowest BCUT2D eigenvalue weighted by atomic mass is 9.91. The van der Waals surface area contributed by atoms with E-state index >= 15 is 0 Å². The number of carbonyl (C=O) groups is 1. The summed E-state index contributed by atoms with van der Waals surface area (Å²) in [5, 5.41) is 2.91. The average Bonchev–Trinajstić information content (AvgIpc) is 2.95. The highest BCUT2D eigenvalue weighted by Crippen LogP contribution is 2.40. The van der Waals surface area contributed by atoms with Crippen LogP contribution in [-0.4, -0.2) is 25.0 Å². The molecule has 1 aromatic carbocycles. The minimum atomic E-state index is 0.00706. The lowest BCUT2D eigenvalue weighted by molar-refractivity contribution is 0.0956. The molecule has 1 heterocycles. The van der Waals surface area contributed by atoms with Gasteiger partial charge in [0.1, 0.15) is 0 Å². The molecule has 2 fully saturated rings. The van der Waals surface area contributed by atoms with Crippen molar-refractivity contribution in [2.24, 2.45) is 5.92 Å². The van der Waals surface area contributed by atoms with Crippen molar-refractivity contribution in [3.63, 3.8) is 0 Å². The van der Waals surface area contributed by atoms with E-state index in [1.807, 2.05) is 25.1 Å². The van der Waals surface area contributed by atoms with E-state index in [1.165, 1.54) is 32.1 Å². The summed E-state index contributed by atoms with van der Waals surface area (Å²) in [6, 6.07) is 6.26. The first kappa shape index (κ1) is 14.2. The summed E-state index contributed by atoms with van der Waals surface area (Å²) in [6.07, 6.45) is 6.43. The first-order valence-corrected chi connectivity index (χ1v) is 8.15. The largest absolute Gasteiger partial charge is 0.399 e. The summed E-state index contributed by atoms with van der Waals surface area (Å²) in [5.74, 6) is 0.801. The first-order chi connectivity index (χ1) is 10.2. The van der Waals surface area contributed by atoms with Crippen LogP contribution in [0.2, 0.25) is 0 Å². The van der Waals surface area contributed by atoms with E-state index in [9.17, 15) is 4.79 Å². The number of fused-ring (bicyclic) bond motifs is 1. The highest BCUT2D eigenvalue weighted by atomic mass is 16.1. The topological polar surface area (TPSA) is 58.4 Å². The highest BCUT2D eigenvalue weighted by molar-refractivity contribution is 6.00. The molecular formula is C17H25N3O. The van der Waals surface area contributed by atoms with Crippen LogP contribution < -0.4 is 16.0 Å². The van der Waals surface area contributed by atoms with Crippen LogP contribution >= 0.6 is 0 Å². The number of piperidine rings is 1. The van der Waals surface area contributed by atoms with Crippen molar-refractivity contribution in [2.75, 3.05) is 23.7 Å². The molecule has 0 aromatic heterocycles. The van der Waals surface area contributed by atoms with E-state index in [4.69, 9.17) is 5.73 Å². The van der Waals surface area contributed by atoms with Gasteiger partial charge in [0.2, 0.25) is 0 Å². The number of nitrogens with one attached hydrogen (secondary N) is 1. The van der Waals surface area contributed by atoms with Crippen LogP contribution in [0.3, 0.4) is 0 Å². The van der Waals surface area contributed by atoms with Crippen LogP contribution in [-0.2, 0) is 0 Å².